The van der Waals surface area contributed by atoms with Gasteiger partial charge in [0.05, 0.1) is 0 Å². The van der Waals surface area contributed by atoms with Crippen LogP contribution >= 0.6 is 11.8 Å². The van der Waals surface area contributed by atoms with Crippen molar-refractivity contribution in [2.24, 2.45) is 5.92 Å². The van der Waals surface area contributed by atoms with Crippen molar-refractivity contribution in [1.29, 1.82) is 0 Å². The zero-order valence-electron chi connectivity index (χ0n) is 8.82. The van der Waals surface area contributed by atoms with Crippen LogP contribution in [0.15, 0.2) is 30.3 Å². The fourth-order valence-corrected chi connectivity index (χ4v) is 3.12. The van der Waals surface area contributed by atoms with E-state index < -0.39 is 0 Å². The maximum absolute atomic E-state index is 11.1. The Balaban J connectivity index is 1.69. The van der Waals surface area contributed by atoms with Crippen molar-refractivity contribution < 1.29 is 4.79 Å². The van der Waals surface area contributed by atoms with Crippen LogP contribution in [-0.2, 0) is 10.5 Å². The number of benzene rings is 1. The summed E-state index contributed by atoms with van der Waals surface area (Å²) in [5.74, 6) is 3.32. The minimum atomic E-state index is 0.459. The maximum atomic E-state index is 11.1. The third-order valence-electron chi connectivity index (χ3n) is 2.81. The average Bonchev–Trinajstić information content (AvgIpc) is 2.66. The highest BCUT2D eigenvalue weighted by Crippen LogP contribution is 2.26. The Morgan fingerprint density at radius 2 is 2.07 bits per heavy atom. The Bertz CT molecular complexity index is 321. The fourth-order valence-electron chi connectivity index (χ4n) is 1.95. The van der Waals surface area contributed by atoms with Crippen LogP contribution in [0.25, 0.3) is 0 Å². The van der Waals surface area contributed by atoms with Gasteiger partial charge < -0.3 is 0 Å². The molecule has 0 saturated heterocycles. The zero-order chi connectivity index (χ0) is 10.5. The highest BCUT2D eigenvalue weighted by atomic mass is 32.2. The molecule has 0 amide bonds. The molecule has 1 aliphatic rings. The van der Waals surface area contributed by atoms with Crippen molar-refractivity contribution in [3.05, 3.63) is 35.9 Å². The minimum absolute atomic E-state index is 0.459. The van der Waals surface area contributed by atoms with E-state index in [1.54, 1.807) is 0 Å². The van der Waals surface area contributed by atoms with Crippen LogP contribution in [0, 0.1) is 5.92 Å². The first kappa shape index (κ1) is 10.7. The summed E-state index contributed by atoms with van der Waals surface area (Å²) < 4.78 is 0. The van der Waals surface area contributed by atoms with Crippen molar-refractivity contribution in [3.63, 3.8) is 0 Å². The molecule has 1 unspecified atom stereocenters. The van der Waals surface area contributed by atoms with E-state index in [-0.39, 0.29) is 0 Å². The van der Waals surface area contributed by atoms with Gasteiger partial charge in [-0.3, -0.25) is 4.79 Å². The number of rotatable bonds is 4. The van der Waals surface area contributed by atoms with Crippen LogP contribution in [0.4, 0.5) is 0 Å². The first-order chi connectivity index (χ1) is 7.34. The van der Waals surface area contributed by atoms with Gasteiger partial charge in [0, 0.05) is 18.6 Å². The summed E-state index contributed by atoms with van der Waals surface area (Å²) in [6, 6.07) is 10.5. The second-order valence-electron chi connectivity index (χ2n) is 4.15. The molecule has 1 aromatic carbocycles. The van der Waals surface area contributed by atoms with Gasteiger partial charge in [0.15, 0.2) is 0 Å². The first-order valence-corrected chi connectivity index (χ1v) is 6.63. The van der Waals surface area contributed by atoms with Crippen molar-refractivity contribution in [1.82, 2.24) is 0 Å². The zero-order valence-corrected chi connectivity index (χ0v) is 9.63. The number of thioether (sulfide) groups is 1. The van der Waals surface area contributed by atoms with Crippen LogP contribution < -0.4 is 0 Å². The topological polar surface area (TPSA) is 17.1 Å². The van der Waals surface area contributed by atoms with Crippen LogP contribution in [0.3, 0.4) is 0 Å². The normalized spacial score (nSPS) is 20.8. The third kappa shape index (κ3) is 3.38. The van der Waals surface area contributed by atoms with Crippen LogP contribution in [0.1, 0.15) is 24.8 Å². The average molecular weight is 220 g/mol. The predicted molar refractivity (Wildman–Crippen MR) is 65.0 cm³/mol. The van der Waals surface area contributed by atoms with Gasteiger partial charge in [0.1, 0.15) is 5.78 Å². The Morgan fingerprint density at radius 1 is 1.27 bits per heavy atom. The minimum Gasteiger partial charge on any atom is -0.300 e. The molecule has 0 heterocycles. The van der Waals surface area contributed by atoms with Gasteiger partial charge in [-0.2, -0.15) is 11.8 Å². The van der Waals surface area contributed by atoms with Crippen molar-refractivity contribution in [2.75, 3.05) is 5.75 Å². The quantitative estimate of drug-likeness (QED) is 0.774. The van der Waals surface area contributed by atoms with Gasteiger partial charge in [0.25, 0.3) is 0 Å². The Kier molecular flexibility index (Phi) is 3.84. The van der Waals surface area contributed by atoms with Crippen molar-refractivity contribution in [2.45, 2.75) is 25.0 Å². The van der Waals surface area contributed by atoms with E-state index in [2.05, 4.69) is 24.3 Å². The molecule has 1 aliphatic carbocycles. The van der Waals surface area contributed by atoms with Crippen LogP contribution in [-0.4, -0.2) is 11.5 Å². The lowest BCUT2D eigenvalue weighted by Gasteiger charge is -2.07. The number of ketones is 1. The molecular formula is C13H16OS. The molecule has 1 atom stereocenters. The van der Waals surface area contributed by atoms with Gasteiger partial charge in [-0.1, -0.05) is 30.3 Å². The standard InChI is InChI=1S/C13H16OS/c14-13-7-6-12(8-13)10-15-9-11-4-2-1-3-5-11/h1-5,12H,6-10H2. The number of hydrogen-bond donors (Lipinski definition) is 0. The molecule has 0 N–H and O–H groups in total. The smallest absolute Gasteiger partial charge is 0.133 e. The first-order valence-electron chi connectivity index (χ1n) is 5.48. The van der Waals surface area contributed by atoms with E-state index in [0.717, 1.165) is 30.8 Å². The Labute approximate surface area is 95.3 Å². The largest absolute Gasteiger partial charge is 0.300 e. The van der Waals surface area contributed by atoms with Gasteiger partial charge in [-0.05, 0) is 23.7 Å². The molecule has 15 heavy (non-hydrogen) atoms. The molecule has 0 spiro atoms. The molecule has 2 heteroatoms. The van der Waals surface area contributed by atoms with E-state index >= 15 is 0 Å². The van der Waals surface area contributed by atoms with E-state index in [4.69, 9.17) is 0 Å². The van der Waals surface area contributed by atoms with Crippen LogP contribution in [0.2, 0.25) is 0 Å². The highest BCUT2D eigenvalue weighted by Gasteiger charge is 2.21. The molecule has 80 valence electrons. The molecular weight excluding hydrogens is 204 g/mol. The SMILES string of the molecule is O=C1CCC(CSCc2ccccc2)C1. The number of Topliss-reactive ketones (excluding diaryl/α,β-unsaturated/α-hetero) is 1. The molecule has 1 saturated carbocycles. The summed E-state index contributed by atoms with van der Waals surface area (Å²) in [4.78, 5) is 11.1. The monoisotopic (exact) mass is 220 g/mol. The lowest BCUT2D eigenvalue weighted by molar-refractivity contribution is -0.117. The van der Waals surface area contributed by atoms with Crippen LogP contribution in [0.5, 0.6) is 0 Å². The van der Waals surface area contributed by atoms with Crippen molar-refractivity contribution >= 4 is 17.5 Å². The van der Waals surface area contributed by atoms with E-state index in [1.807, 2.05) is 17.8 Å². The molecule has 0 aliphatic heterocycles. The predicted octanol–water partition coefficient (Wildman–Crippen LogP) is 3.29. The summed E-state index contributed by atoms with van der Waals surface area (Å²) >= 11 is 1.95. The van der Waals surface area contributed by atoms with E-state index in [0.29, 0.717) is 11.7 Å². The lowest BCUT2D eigenvalue weighted by Crippen LogP contribution is -1.98. The maximum Gasteiger partial charge on any atom is 0.133 e. The van der Waals surface area contributed by atoms with Gasteiger partial charge in [0.2, 0.25) is 0 Å². The summed E-state index contributed by atoms with van der Waals surface area (Å²) in [6.07, 6.45) is 2.75. The summed E-state index contributed by atoms with van der Waals surface area (Å²) in [5, 5.41) is 0. The van der Waals surface area contributed by atoms with E-state index in [9.17, 15) is 4.79 Å². The number of carbonyl (C=O) groups is 1. The number of hydrogen-bond acceptors (Lipinski definition) is 2. The molecule has 1 nitrogen and oxygen atoms in total. The van der Waals surface area contributed by atoms with Crippen molar-refractivity contribution in [3.8, 4) is 0 Å². The van der Waals surface area contributed by atoms with E-state index in [1.165, 1.54) is 5.56 Å². The Hall–Kier alpha value is -0.760. The van der Waals surface area contributed by atoms with Gasteiger partial charge >= 0.3 is 0 Å². The summed E-state index contributed by atoms with van der Waals surface area (Å²) in [7, 11) is 0. The molecule has 0 bridgehead atoms. The third-order valence-corrected chi connectivity index (χ3v) is 4.06. The Morgan fingerprint density at radius 3 is 2.73 bits per heavy atom. The fraction of sp³-hybridized carbons (Fsp3) is 0.462. The second kappa shape index (κ2) is 5.36. The molecule has 2 rings (SSSR count). The molecule has 1 fully saturated rings. The summed E-state index contributed by atoms with van der Waals surface area (Å²) in [5.41, 5.74) is 1.38. The molecule has 1 aromatic rings. The second-order valence-corrected chi connectivity index (χ2v) is 5.18. The highest BCUT2D eigenvalue weighted by molar-refractivity contribution is 7.98. The van der Waals surface area contributed by atoms with Gasteiger partial charge in [-0.25, -0.2) is 0 Å². The molecule has 0 radical (unpaired) electrons. The lowest BCUT2D eigenvalue weighted by atomic mass is 10.1. The molecule has 0 aromatic heterocycles. The van der Waals surface area contributed by atoms with Gasteiger partial charge in [-0.15, -0.1) is 0 Å². The number of carbonyl (C=O) groups excluding carboxylic acids is 1. The summed E-state index contributed by atoms with van der Waals surface area (Å²) in [6.45, 7) is 0.